The van der Waals surface area contributed by atoms with Crippen molar-refractivity contribution in [2.24, 2.45) is 0 Å². The van der Waals surface area contributed by atoms with Crippen LogP contribution in [0.4, 0.5) is 0 Å². The van der Waals surface area contributed by atoms with Crippen LogP contribution in [-0.2, 0) is 0 Å². The van der Waals surface area contributed by atoms with Crippen LogP contribution >= 0.6 is 0 Å². The maximum absolute atomic E-state index is 5.60. The molecule has 0 radical (unpaired) electrons. The van der Waals surface area contributed by atoms with Gasteiger partial charge in [-0.2, -0.15) is 0 Å². The molecule has 0 spiro atoms. The van der Waals surface area contributed by atoms with Crippen LogP contribution in [0.2, 0.25) is 0 Å². The van der Waals surface area contributed by atoms with Gasteiger partial charge in [0.25, 0.3) is 0 Å². The van der Waals surface area contributed by atoms with Gasteiger partial charge in [-0.3, -0.25) is 0 Å². The van der Waals surface area contributed by atoms with E-state index in [0.717, 1.165) is 17.3 Å². The van der Waals surface area contributed by atoms with Crippen LogP contribution in [0.3, 0.4) is 0 Å². The number of hydrogen-bond acceptors (Lipinski definition) is 3. The van der Waals surface area contributed by atoms with Gasteiger partial charge in [-0.1, -0.05) is 12.1 Å². The van der Waals surface area contributed by atoms with Gasteiger partial charge in [-0.25, -0.2) is 0 Å². The number of ether oxygens (including phenoxy) is 1. The Morgan fingerprint density at radius 1 is 1.10 bits per heavy atom. The molecule has 2 aromatic rings. The lowest BCUT2D eigenvalue weighted by atomic mass is 10.0. The summed E-state index contributed by atoms with van der Waals surface area (Å²) in [5, 5.41) is 3.60. The molecule has 0 aliphatic heterocycles. The number of nitrogens with one attached hydrogen (secondary N) is 1. The Hall–Kier alpha value is -1.74. The van der Waals surface area contributed by atoms with Gasteiger partial charge in [0.2, 0.25) is 0 Å². The van der Waals surface area contributed by atoms with E-state index in [-0.39, 0.29) is 12.1 Å². The molecular formula is C17H23NO2. The van der Waals surface area contributed by atoms with E-state index < -0.39 is 0 Å². The van der Waals surface area contributed by atoms with Gasteiger partial charge in [0.15, 0.2) is 0 Å². The van der Waals surface area contributed by atoms with Crippen molar-refractivity contribution in [2.75, 3.05) is 7.11 Å². The first-order valence-electron chi connectivity index (χ1n) is 6.98. The third kappa shape index (κ3) is 3.23. The summed E-state index contributed by atoms with van der Waals surface area (Å²) in [6, 6.07) is 10.8. The average Bonchev–Trinajstić information content (AvgIpc) is 2.77. The molecule has 108 valence electrons. The van der Waals surface area contributed by atoms with Crippen LogP contribution in [0, 0.1) is 13.8 Å². The van der Waals surface area contributed by atoms with E-state index in [9.17, 15) is 0 Å². The predicted molar refractivity (Wildman–Crippen MR) is 81.1 cm³/mol. The number of hydrogen-bond donors (Lipinski definition) is 1. The Morgan fingerprint density at radius 3 is 2.45 bits per heavy atom. The molecule has 20 heavy (non-hydrogen) atoms. The second-order valence-electron chi connectivity index (χ2n) is 5.26. The molecule has 0 bridgehead atoms. The zero-order valence-corrected chi connectivity index (χ0v) is 12.9. The lowest BCUT2D eigenvalue weighted by Crippen LogP contribution is -2.22. The highest BCUT2D eigenvalue weighted by atomic mass is 16.5. The largest absolute Gasteiger partial charge is 0.497 e. The molecule has 1 heterocycles. The van der Waals surface area contributed by atoms with Crippen molar-refractivity contribution in [3.8, 4) is 5.75 Å². The van der Waals surface area contributed by atoms with E-state index in [2.05, 4.69) is 37.4 Å². The lowest BCUT2D eigenvalue weighted by molar-refractivity contribution is 0.412. The van der Waals surface area contributed by atoms with Crippen molar-refractivity contribution in [1.82, 2.24) is 5.32 Å². The summed E-state index contributed by atoms with van der Waals surface area (Å²) >= 11 is 0. The zero-order chi connectivity index (χ0) is 14.7. The van der Waals surface area contributed by atoms with Crippen LogP contribution in [0.15, 0.2) is 34.7 Å². The fraction of sp³-hybridized carbons (Fsp3) is 0.412. The minimum absolute atomic E-state index is 0.244. The zero-order valence-electron chi connectivity index (χ0n) is 12.9. The molecule has 0 fully saturated rings. The molecule has 2 atom stereocenters. The Kier molecular flexibility index (Phi) is 4.50. The van der Waals surface area contributed by atoms with Crippen LogP contribution in [-0.4, -0.2) is 7.11 Å². The third-order valence-electron chi connectivity index (χ3n) is 3.64. The molecule has 0 amide bonds. The molecule has 0 saturated carbocycles. The standard InChI is InChI=1S/C17H23NO2/c1-11-9-17(14(4)20-11)13(3)18-12(2)15-7-6-8-16(10-15)19-5/h6-10,12-13,18H,1-5H3/t12-,13?/m0/s1. The Bertz CT molecular complexity index is 574. The number of rotatable bonds is 5. The molecule has 0 aliphatic rings. The summed E-state index contributed by atoms with van der Waals surface area (Å²) < 4.78 is 10.9. The highest BCUT2D eigenvalue weighted by Gasteiger charge is 2.15. The average molecular weight is 273 g/mol. The van der Waals surface area contributed by atoms with Crippen molar-refractivity contribution in [3.63, 3.8) is 0 Å². The molecule has 1 aromatic carbocycles. The van der Waals surface area contributed by atoms with Crippen molar-refractivity contribution in [2.45, 2.75) is 39.8 Å². The van der Waals surface area contributed by atoms with E-state index in [1.54, 1.807) is 7.11 Å². The first kappa shape index (κ1) is 14.7. The molecule has 1 aromatic heterocycles. The van der Waals surface area contributed by atoms with Gasteiger partial charge in [0, 0.05) is 17.6 Å². The van der Waals surface area contributed by atoms with E-state index >= 15 is 0 Å². The van der Waals surface area contributed by atoms with Crippen LogP contribution in [0.5, 0.6) is 5.75 Å². The van der Waals surface area contributed by atoms with Gasteiger partial charge in [0.1, 0.15) is 17.3 Å². The molecule has 0 aliphatic carbocycles. The van der Waals surface area contributed by atoms with Gasteiger partial charge in [0.05, 0.1) is 7.11 Å². The van der Waals surface area contributed by atoms with Gasteiger partial charge >= 0.3 is 0 Å². The molecular weight excluding hydrogens is 250 g/mol. The van der Waals surface area contributed by atoms with E-state index in [1.807, 2.05) is 26.0 Å². The fourth-order valence-corrected chi connectivity index (χ4v) is 2.55. The minimum atomic E-state index is 0.244. The predicted octanol–water partition coefficient (Wildman–Crippen LogP) is 4.32. The third-order valence-corrected chi connectivity index (χ3v) is 3.64. The lowest BCUT2D eigenvalue weighted by Gasteiger charge is -2.20. The van der Waals surface area contributed by atoms with Crippen LogP contribution in [0.1, 0.15) is 48.6 Å². The molecule has 0 saturated heterocycles. The Balaban J connectivity index is 2.10. The number of aryl methyl sites for hydroxylation is 2. The van der Waals surface area contributed by atoms with Gasteiger partial charge in [-0.15, -0.1) is 0 Å². The first-order valence-corrected chi connectivity index (χ1v) is 6.98. The number of benzene rings is 1. The molecule has 2 rings (SSSR count). The summed E-state index contributed by atoms with van der Waals surface area (Å²) in [6.45, 7) is 8.31. The van der Waals surface area contributed by atoms with E-state index in [4.69, 9.17) is 9.15 Å². The SMILES string of the molecule is COc1cccc([C@H](C)NC(C)c2cc(C)oc2C)c1. The molecule has 1 N–H and O–H groups in total. The monoisotopic (exact) mass is 273 g/mol. The molecule has 3 nitrogen and oxygen atoms in total. The van der Waals surface area contributed by atoms with Crippen molar-refractivity contribution in [1.29, 1.82) is 0 Å². The maximum Gasteiger partial charge on any atom is 0.119 e. The van der Waals surface area contributed by atoms with Crippen LogP contribution < -0.4 is 10.1 Å². The van der Waals surface area contributed by atoms with Gasteiger partial charge < -0.3 is 14.5 Å². The minimum Gasteiger partial charge on any atom is -0.497 e. The highest BCUT2D eigenvalue weighted by molar-refractivity contribution is 5.31. The van der Waals surface area contributed by atoms with Gasteiger partial charge in [-0.05, 0) is 51.5 Å². The van der Waals surface area contributed by atoms with Crippen molar-refractivity contribution in [3.05, 3.63) is 53.0 Å². The molecule has 3 heteroatoms. The maximum atomic E-state index is 5.60. The second kappa shape index (κ2) is 6.14. The topological polar surface area (TPSA) is 34.4 Å². The summed E-state index contributed by atoms with van der Waals surface area (Å²) in [5.41, 5.74) is 2.44. The fourth-order valence-electron chi connectivity index (χ4n) is 2.55. The summed E-state index contributed by atoms with van der Waals surface area (Å²) in [4.78, 5) is 0. The Morgan fingerprint density at radius 2 is 1.85 bits per heavy atom. The quantitative estimate of drug-likeness (QED) is 0.881. The molecule has 1 unspecified atom stereocenters. The second-order valence-corrected chi connectivity index (χ2v) is 5.26. The number of furan rings is 1. The van der Waals surface area contributed by atoms with E-state index in [0.29, 0.717) is 0 Å². The summed E-state index contributed by atoms with van der Waals surface area (Å²) in [7, 11) is 1.69. The summed E-state index contributed by atoms with van der Waals surface area (Å²) in [6.07, 6.45) is 0. The van der Waals surface area contributed by atoms with Crippen LogP contribution in [0.25, 0.3) is 0 Å². The van der Waals surface area contributed by atoms with Crippen molar-refractivity contribution < 1.29 is 9.15 Å². The van der Waals surface area contributed by atoms with E-state index in [1.165, 1.54) is 11.1 Å². The smallest absolute Gasteiger partial charge is 0.119 e. The Labute approximate surface area is 121 Å². The first-order chi connectivity index (χ1) is 9.51. The van der Waals surface area contributed by atoms with Crippen molar-refractivity contribution >= 4 is 0 Å². The summed E-state index contributed by atoms with van der Waals surface area (Å²) in [5.74, 6) is 2.83. The highest BCUT2D eigenvalue weighted by Crippen LogP contribution is 2.25. The normalized spacial score (nSPS) is 14.1. The number of methoxy groups -OCH3 is 1.